The van der Waals surface area contributed by atoms with Crippen LogP contribution in [0.5, 0.6) is 11.5 Å². The first kappa shape index (κ1) is 23.7. The number of halogens is 3. The van der Waals surface area contributed by atoms with E-state index in [2.05, 4.69) is 10.4 Å². The number of ether oxygens (including phenoxy) is 1. The van der Waals surface area contributed by atoms with Crippen molar-refractivity contribution >= 4 is 11.6 Å². The van der Waals surface area contributed by atoms with Crippen molar-refractivity contribution in [2.75, 3.05) is 5.32 Å². The minimum atomic E-state index is -4.48. The number of anilines is 1. The number of hydrogen-bond acceptors (Lipinski definition) is 4. The maximum Gasteiger partial charge on any atom is 0.416 e. The molecule has 1 heterocycles. The summed E-state index contributed by atoms with van der Waals surface area (Å²) in [5.74, 6) is 0.634. The molecule has 0 aliphatic carbocycles. The monoisotopic (exact) mass is 479 g/mol. The molecule has 0 radical (unpaired) electrons. The van der Waals surface area contributed by atoms with Crippen molar-refractivity contribution in [1.29, 1.82) is 0 Å². The first-order valence-electron chi connectivity index (χ1n) is 10.6. The fraction of sp³-hybridized carbons (Fsp3) is 0.115. The van der Waals surface area contributed by atoms with Crippen molar-refractivity contribution in [2.24, 2.45) is 0 Å². The molecule has 1 aromatic heterocycles. The molecule has 178 valence electrons. The molecular formula is C26H20F3N3O3. The Bertz CT molecular complexity index is 1380. The van der Waals surface area contributed by atoms with E-state index < -0.39 is 29.2 Å². The van der Waals surface area contributed by atoms with Crippen LogP contribution < -0.4 is 15.6 Å². The molecular weight excluding hydrogens is 459 g/mol. The van der Waals surface area contributed by atoms with Gasteiger partial charge in [-0.2, -0.15) is 18.3 Å². The number of alkyl halides is 3. The van der Waals surface area contributed by atoms with E-state index in [9.17, 15) is 22.8 Å². The van der Waals surface area contributed by atoms with Gasteiger partial charge >= 0.3 is 6.18 Å². The Labute approximate surface area is 198 Å². The second-order valence-electron chi connectivity index (χ2n) is 7.68. The van der Waals surface area contributed by atoms with Gasteiger partial charge in [-0.25, -0.2) is 4.68 Å². The maximum atomic E-state index is 12.7. The van der Waals surface area contributed by atoms with Crippen LogP contribution in [0.15, 0.2) is 95.8 Å². The van der Waals surface area contributed by atoms with Gasteiger partial charge in [-0.05, 0) is 61.5 Å². The zero-order valence-electron chi connectivity index (χ0n) is 18.5. The van der Waals surface area contributed by atoms with E-state index in [1.165, 1.54) is 13.0 Å². The van der Waals surface area contributed by atoms with Gasteiger partial charge in [0.25, 0.3) is 5.56 Å². The lowest BCUT2D eigenvalue weighted by Crippen LogP contribution is -2.33. The largest absolute Gasteiger partial charge is 0.457 e. The number of nitrogens with one attached hydrogen (secondary N) is 1. The third-order valence-corrected chi connectivity index (χ3v) is 5.16. The number of hydrogen-bond donors (Lipinski definition) is 1. The first-order valence-corrected chi connectivity index (χ1v) is 10.6. The van der Waals surface area contributed by atoms with E-state index in [4.69, 9.17) is 4.74 Å². The molecule has 3 aromatic carbocycles. The summed E-state index contributed by atoms with van der Waals surface area (Å²) < 4.78 is 45.1. The molecule has 0 fully saturated rings. The Balaban J connectivity index is 1.53. The van der Waals surface area contributed by atoms with Crippen molar-refractivity contribution < 1.29 is 22.7 Å². The molecule has 1 unspecified atom stereocenters. The molecule has 0 spiro atoms. The number of carbonyl (C=O) groups is 1. The average molecular weight is 479 g/mol. The molecule has 0 aliphatic rings. The summed E-state index contributed by atoms with van der Waals surface area (Å²) in [5, 5.41) is 6.85. The van der Waals surface area contributed by atoms with Gasteiger partial charge in [0.1, 0.15) is 17.5 Å². The van der Waals surface area contributed by atoms with Gasteiger partial charge in [0, 0.05) is 17.3 Å². The van der Waals surface area contributed by atoms with Crippen LogP contribution in [0, 0.1) is 0 Å². The number of carbonyl (C=O) groups excluding carboxylic acids is 1. The molecule has 6 nitrogen and oxygen atoms in total. The molecule has 0 bridgehead atoms. The number of nitrogens with zero attached hydrogens (tertiary/aromatic N) is 2. The van der Waals surface area contributed by atoms with Gasteiger partial charge in [0.05, 0.1) is 11.3 Å². The predicted octanol–water partition coefficient (Wildman–Crippen LogP) is 5.92. The summed E-state index contributed by atoms with van der Waals surface area (Å²) in [6.07, 6.45) is -4.48. The van der Waals surface area contributed by atoms with E-state index in [-0.39, 0.29) is 5.69 Å². The summed E-state index contributed by atoms with van der Waals surface area (Å²) in [5.41, 5.74) is -0.0437. The topological polar surface area (TPSA) is 73.2 Å². The number of benzene rings is 3. The van der Waals surface area contributed by atoms with Crippen LogP contribution in [0.25, 0.3) is 11.3 Å². The van der Waals surface area contributed by atoms with Crippen LogP contribution in [0.3, 0.4) is 0 Å². The standard InChI is InChI=1S/C26H20F3N3O3/c1-17(25(34)30-20-12-10-19(11-13-20)26(27,28)29)32-24(33)15-14-23(31-32)18-6-5-9-22(16-18)35-21-7-3-2-4-8-21/h2-17H,1H3,(H,30,34). The van der Waals surface area contributed by atoms with Gasteiger partial charge in [-0.15, -0.1) is 0 Å². The summed E-state index contributed by atoms with van der Waals surface area (Å²) in [7, 11) is 0. The summed E-state index contributed by atoms with van der Waals surface area (Å²) in [6, 6.07) is 22.2. The molecule has 9 heteroatoms. The summed E-state index contributed by atoms with van der Waals surface area (Å²) in [6.45, 7) is 1.48. The van der Waals surface area contributed by atoms with E-state index in [1.54, 1.807) is 30.3 Å². The van der Waals surface area contributed by atoms with Gasteiger partial charge in [-0.3, -0.25) is 9.59 Å². The second kappa shape index (κ2) is 9.84. The smallest absolute Gasteiger partial charge is 0.416 e. The highest BCUT2D eigenvalue weighted by Gasteiger charge is 2.30. The first-order chi connectivity index (χ1) is 16.7. The number of rotatable bonds is 6. The van der Waals surface area contributed by atoms with Gasteiger partial charge < -0.3 is 10.1 Å². The molecule has 1 atom stereocenters. The Kier molecular flexibility index (Phi) is 6.68. The molecule has 1 amide bonds. The summed E-state index contributed by atoms with van der Waals surface area (Å²) in [4.78, 5) is 25.1. The molecule has 4 rings (SSSR count). The Morgan fingerprint density at radius 1 is 0.914 bits per heavy atom. The highest BCUT2D eigenvalue weighted by Crippen LogP contribution is 2.30. The van der Waals surface area contributed by atoms with Crippen LogP contribution >= 0.6 is 0 Å². The highest BCUT2D eigenvalue weighted by atomic mass is 19.4. The average Bonchev–Trinajstić information content (AvgIpc) is 2.84. The van der Waals surface area contributed by atoms with Crippen molar-refractivity contribution in [3.63, 3.8) is 0 Å². The van der Waals surface area contributed by atoms with Gasteiger partial charge in [0.2, 0.25) is 5.91 Å². The number of aromatic nitrogens is 2. The lowest BCUT2D eigenvalue weighted by molar-refractivity contribution is -0.137. The van der Waals surface area contributed by atoms with Crippen LogP contribution in [-0.2, 0) is 11.0 Å². The third kappa shape index (κ3) is 5.75. The highest BCUT2D eigenvalue weighted by molar-refractivity contribution is 5.93. The van der Waals surface area contributed by atoms with Crippen molar-refractivity contribution in [1.82, 2.24) is 9.78 Å². The summed E-state index contributed by atoms with van der Waals surface area (Å²) >= 11 is 0. The SMILES string of the molecule is CC(C(=O)Nc1ccc(C(F)(F)F)cc1)n1nc(-c2cccc(Oc3ccccc3)c2)ccc1=O. The zero-order valence-corrected chi connectivity index (χ0v) is 18.5. The van der Waals surface area contributed by atoms with Crippen LogP contribution in [0.4, 0.5) is 18.9 Å². The van der Waals surface area contributed by atoms with Crippen molar-refractivity contribution in [3.8, 4) is 22.8 Å². The lowest BCUT2D eigenvalue weighted by Gasteiger charge is -2.16. The van der Waals surface area contributed by atoms with E-state index >= 15 is 0 Å². The minimum absolute atomic E-state index is 0.171. The zero-order chi connectivity index (χ0) is 25.0. The molecule has 0 saturated carbocycles. The lowest BCUT2D eigenvalue weighted by atomic mass is 10.1. The minimum Gasteiger partial charge on any atom is -0.457 e. The fourth-order valence-electron chi connectivity index (χ4n) is 3.30. The molecule has 0 saturated heterocycles. The second-order valence-corrected chi connectivity index (χ2v) is 7.68. The van der Waals surface area contributed by atoms with E-state index in [0.29, 0.717) is 22.8 Å². The van der Waals surface area contributed by atoms with E-state index in [0.717, 1.165) is 28.9 Å². The Morgan fingerprint density at radius 2 is 1.60 bits per heavy atom. The fourth-order valence-corrected chi connectivity index (χ4v) is 3.30. The van der Waals surface area contributed by atoms with Crippen molar-refractivity contribution in [3.05, 3.63) is 107 Å². The number of para-hydroxylation sites is 1. The van der Waals surface area contributed by atoms with Crippen molar-refractivity contribution in [2.45, 2.75) is 19.1 Å². The van der Waals surface area contributed by atoms with Crippen LogP contribution in [-0.4, -0.2) is 15.7 Å². The van der Waals surface area contributed by atoms with Crippen LogP contribution in [0.1, 0.15) is 18.5 Å². The van der Waals surface area contributed by atoms with E-state index in [1.807, 2.05) is 30.3 Å². The third-order valence-electron chi connectivity index (χ3n) is 5.16. The number of amides is 1. The molecule has 1 N–H and O–H groups in total. The maximum absolute atomic E-state index is 12.7. The molecule has 0 aliphatic heterocycles. The van der Waals surface area contributed by atoms with Gasteiger partial charge in [-0.1, -0.05) is 30.3 Å². The predicted molar refractivity (Wildman–Crippen MR) is 125 cm³/mol. The molecule has 4 aromatic rings. The molecule has 35 heavy (non-hydrogen) atoms. The Hall–Kier alpha value is -4.40. The van der Waals surface area contributed by atoms with Gasteiger partial charge in [0.15, 0.2) is 0 Å². The quantitative estimate of drug-likeness (QED) is 0.373. The normalized spacial score (nSPS) is 12.1. The van der Waals surface area contributed by atoms with Crippen LogP contribution in [0.2, 0.25) is 0 Å². The Morgan fingerprint density at radius 3 is 2.29 bits per heavy atom.